The molecule has 20 heavy (non-hydrogen) atoms. The number of carboxylic acid groups (broad SMARTS) is 1. The van der Waals surface area contributed by atoms with Crippen molar-refractivity contribution in [1.29, 1.82) is 0 Å². The van der Waals surface area contributed by atoms with Crippen LogP contribution in [0.5, 0.6) is 0 Å². The molecule has 1 aliphatic rings. The van der Waals surface area contributed by atoms with Gasteiger partial charge in [-0.3, -0.25) is 14.7 Å². The maximum Gasteiger partial charge on any atom is 0.320 e. The Morgan fingerprint density at radius 1 is 1.45 bits per heavy atom. The van der Waals surface area contributed by atoms with Crippen LogP contribution in [0.15, 0.2) is 36.5 Å². The number of aromatic nitrogens is 1. The smallest absolute Gasteiger partial charge is 0.320 e. The fraction of sp³-hybridized carbons (Fsp3) is 0.375. The SMILES string of the molecule is CC(C(=O)O)N(Cc1cnc2ccccc2c1)C1CC1. The molecule has 0 bridgehead atoms. The quantitative estimate of drug-likeness (QED) is 0.907. The first kappa shape index (κ1) is 13.1. The van der Waals surface area contributed by atoms with Crippen LogP contribution in [0.1, 0.15) is 25.3 Å². The first-order valence-corrected chi connectivity index (χ1v) is 6.97. The molecule has 1 aromatic heterocycles. The lowest BCUT2D eigenvalue weighted by atomic mass is 10.1. The topological polar surface area (TPSA) is 53.4 Å². The summed E-state index contributed by atoms with van der Waals surface area (Å²) in [5, 5.41) is 10.3. The van der Waals surface area contributed by atoms with E-state index in [2.05, 4.69) is 16.0 Å². The van der Waals surface area contributed by atoms with Crippen LogP contribution in [-0.4, -0.2) is 33.0 Å². The highest BCUT2D eigenvalue weighted by molar-refractivity contribution is 5.78. The highest BCUT2D eigenvalue weighted by atomic mass is 16.4. The summed E-state index contributed by atoms with van der Waals surface area (Å²) < 4.78 is 0. The maximum absolute atomic E-state index is 11.2. The van der Waals surface area contributed by atoms with E-state index in [1.165, 1.54) is 0 Å². The van der Waals surface area contributed by atoms with E-state index in [1.54, 1.807) is 6.92 Å². The van der Waals surface area contributed by atoms with E-state index in [0.29, 0.717) is 12.6 Å². The van der Waals surface area contributed by atoms with Gasteiger partial charge < -0.3 is 5.11 Å². The van der Waals surface area contributed by atoms with E-state index in [4.69, 9.17) is 0 Å². The highest BCUT2D eigenvalue weighted by Crippen LogP contribution is 2.30. The van der Waals surface area contributed by atoms with Crippen LogP contribution < -0.4 is 0 Å². The molecule has 104 valence electrons. The highest BCUT2D eigenvalue weighted by Gasteiger charge is 2.34. The van der Waals surface area contributed by atoms with Gasteiger partial charge in [0.25, 0.3) is 0 Å². The van der Waals surface area contributed by atoms with Crippen LogP contribution in [0, 0.1) is 0 Å². The van der Waals surface area contributed by atoms with Crippen molar-refractivity contribution in [3.63, 3.8) is 0 Å². The van der Waals surface area contributed by atoms with E-state index in [1.807, 2.05) is 30.5 Å². The van der Waals surface area contributed by atoms with Crippen molar-refractivity contribution in [2.75, 3.05) is 0 Å². The number of rotatable bonds is 5. The molecule has 1 N–H and O–H groups in total. The van der Waals surface area contributed by atoms with Crippen LogP contribution in [-0.2, 0) is 11.3 Å². The van der Waals surface area contributed by atoms with Crippen molar-refractivity contribution in [3.05, 3.63) is 42.1 Å². The molecule has 1 fully saturated rings. The second-order valence-electron chi connectivity index (χ2n) is 5.45. The second-order valence-corrected chi connectivity index (χ2v) is 5.45. The van der Waals surface area contributed by atoms with Crippen LogP contribution >= 0.6 is 0 Å². The zero-order valence-electron chi connectivity index (χ0n) is 11.5. The molecule has 1 aromatic carbocycles. The molecule has 3 rings (SSSR count). The average molecular weight is 270 g/mol. The summed E-state index contributed by atoms with van der Waals surface area (Å²) in [6.45, 7) is 2.41. The number of fused-ring (bicyclic) bond motifs is 1. The average Bonchev–Trinajstić information content (AvgIpc) is 3.28. The molecule has 1 aliphatic carbocycles. The molecule has 2 aromatic rings. The molecule has 0 radical (unpaired) electrons. The van der Waals surface area contributed by atoms with Gasteiger partial charge >= 0.3 is 5.97 Å². The van der Waals surface area contributed by atoms with E-state index in [0.717, 1.165) is 29.3 Å². The van der Waals surface area contributed by atoms with Crippen molar-refractivity contribution >= 4 is 16.9 Å². The van der Waals surface area contributed by atoms with Crippen LogP contribution in [0.2, 0.25) is 0 Å². The Morgan fingerprint density at radius 3 is 2.90 bits per heavy atom. The number of carbonyl (C=O) groups is 1. The molecule has 1 unspecified atom stereocenters. The minimum Gasteiger partial charge on any atom is -0.480 e. The van der Waals surface area contributed by atoms with Gasteiger partial charge in [-0.15, -0.1) is 0 Å². The normalized spacial score (nSPS) is 16.5. The molecular weight excluding hydrogens is 252 g/mol. The minimum atomic E-state index is -0.759. The summed E-state index contributed by atoms with van der Waals surface area (Å²) in [5.41, 5.74) is 2.05. The lowest BCUT2D eigenvalue weighted by molar-refractivity contribution is -0.143. The Hall–Kier alpha value is -1.94. The monoisotopic (exact) mass is 270 g/mol. The van der Waals surface area contributed by atoms with Crippen LogP contribution in [0.4, 0.5) is 0 Å². The van der Waals surface area contributed by atoms with E-state index in [-0.39, 0.29) is 0 Å². The Morgan fingerprint density at radius 2 is 2.20 bits per heavy atom. The standard InChI is InChI=1S/C16H18N2O2/c1-11(16(19)20)18(14-6-7-14)10-12-8-13-4-2-3-5-15(13)17-9-12/h2-5,8-9,11,14H,6-7,10H2,1H3,(H,19,20). The van der Waals surface area contributed by atoms with Gasteiger partial charge in [-0.05, 0) is 37.5 Å². The maximum atomic E-state index is 11.2. The zero-order valence-corrected chi connectivity index (χ0v) is 11.5. The summed E-state index contributed by atoms with van der Waals surface area (Å²) in [4.78, 5) is 17.7. The van der Waals surface area contributed by atoms with Gasteiger partial charge in [0.2, 0.25) is 0 Å². The van der Waals surface area contributed by atoms with Crippen LogP contribution in [0.3, 0.4) is 0 Å². The number of hydrogen-bond acceptors (Lipinski definition) is 3. The van der Waals surface area contributed by atoms with Crippen molar-refractivity contribution in [1.82, 2.24) is 9.88 Å². The number of benzene rings is 1. The van der Waals surface area contributed by atoms with E-state index in [9.17, 15) is 9.90 Å². The van der Waals surface area contributed by atoms with Crippen LogP contribution in [0.25, 0.3) is 10.9 Å². The van der Waals surface area contributed by atoms with Crippen molar-refractivity contribution in [2.24, 2.45) is 0 Å². The van der Waals surface area contributed by atoms with Gasteiger partial charge in [-0.1, -0.05) is 18.2 Å². The third kappa shape index (κ3) is 2.65. The number of carboxylic acids is 1. The van der Waals surface area contributed by atoms with Crippen molar-refractivity contribution in [2.45, 2.75) is 38.4 Å². The van der Waals surface area contributed by atoms with Crippen molar-refractivity contribution < 1.29 is 9.90 Å². The summed E-state index contributed by atoms with van der Waals surface area (Å²) in [5.74, 6) is -0.759. The van der Waals surface area contributed by atoms with Gasteiger partial charge in [0.1, 0.15) is 6.04 Å². The zero-order chi connectivity index (χ0) is 14.1. The Bertz CT molecular complexity index is 637. The molecule has 4 heteroatoms. The molecule has 1 atom stereocenters. The van der Waals surface area contributed by atoms with Gasteiger partial charge in [-0.2, -0.15) is 0 Å². The summed E-state index contributed by atoms with van der Waals surface area (Å²) in [7, 11) is 0. The number of nitrogens with zero attached hydrogens (tertiary/aromatic N) is 2. The van der Waals surface area contributed by atoms with Gasteiger partial charge in [0.15, 0.2) is 0 Å². The van der Waals surface area contributed by atoms with E-state index < -0.39 is 12.0 Å². The third-order valence-corrected chi connectivity index (χ3v) is 3.88. The molecule has 0 spiro atoms. The number of aliphatic carboxylic acids is 1. The molecule has 4 nitrogen and oxygen atoms in total. The van der Waals surface area contributed by atoms with Crippen molar-refractivity contribution in [3.8, 4) is 0 Å². The fourth-order valence-electron chi connectivity index (χ4n) is 2.54. The number of para-hydroxylation sites is 1. The molecule has 0 saturated heterocycles. The third-order valence-electron chi connectivity index (χ3n) is 3.88. The van der Waals surface area contributed by atoms with E-state index >= 15 is 0 Å². The van der Waals surface area contributed by atoms with Gasteiger partial charge in [0.05, 0.1) is 5.52 Å². The second kappa shape index (κ2) is 5.21. The Kier molecular flexibility index (Phi) is 3.40. The minimum absolute atomic E-state index is 0.410. The summed E-state index contributed by atoms with van der Waals surface area (Å²) in [6, 6.07) is 10.0. The first-order valence-electron chi connectivity index (χ1n) is 6.97. The Balaban J connectivity index is 1.84. The Labute approximate surface area is 118 Å². The fourth-order valence-corrected chi connectivity index (χ4v) is 2.54. The van der Waals surface area contributed by atoms with Gasteiger partial charge in [0, 0.05) is 24.2 Å². The number of pyridine rings is 1. The predicted octanol–water partition coefficient (Wildman–Crippen LogP) is 2.67. The molecule has 1 heterocycles. The lowest BCUT2D eigenvalue weighted by Gasteiger charge is -2.26. The van der Waals surface area contributed by atoms with Gasteiger partial charge in [-0.25, -0.2) is 0 Å². The largest absolute Gasteiger partial charge is 0.480 e. The summed E-state index contributed by atoms with van der Waals surface area (Å²) >= 11 is 0. The summed E-state index contributed by atoms with van der Waals surface area (Å²) in [6.07, 6.45) is 4.05. The molecule has 0 amide bonds. The molecule has 1 saturated carbocycles. The first-order chi connectivity index (χ1) is 9.65. The predicted molar refractivity (Wildman–Crippen MR) is 77.4 cm³/mol. The molecule has 0 aliphatic heterocycles. The molecular formula is C16H18N2O2. The lowest BCUT2D eigenvalue weighted by Crippen LogP contribution is -2.40. The number of hydrogen-bond donors (Lipinski definition) is 1.